The summed E-state index contributed by atoms with van der Waals surface area (Å²) in [5, 5.41) is 0. The van der Waals surface area contributed by atoms with E-state index in [-0.39, 0.29) is 17.5 Å². The molecule has 0 aliphatic carbocycles. The summed E-state index contributed by atoms with van der Waals surface area (Å²) in [5.41, 5.74) is 3.41. The van der Waals surface area contributed by atoms with Crippen LogP contribution in [0.15, 0.2) is 24.4 Å². The maximum Gasteiger partial charge on any atom is 0.167 e. The van der Waals surface area contributed by atoms with E-state index in [4.69, 9.17) is 9.47 Å². The summed E-state index contributed by atoms with van der Waals surface area (Å²) in [6.07, 6.45) is 3.57. The molecule has 0 N–H and O–H groups in total. The van der Waals surface area contributed by atoms with E-state index in [2.05, 4.69) is 9.88 Å². The Morgan fingerprint density at radius 3 is 2.75 bits per heavy atom. The topological polar surface area (TPSA) is 51.7 Å². The number of halogens is 1. The average molecular weight is 386 g/mol. The number of benzene rings is 1. The van der Waals surface area contributed by atoms with Gasteiger partial charge in [0.05, 0.1) is 19.9 Å². The second-order valence-corrected chi connectivity index (χ2v) is 7.33. The van der Waals surface area contributed by atoms with Gasteiger partial charge in [0, 0.05) is 41.9 Å². The summed E-state index contributed by atoms with van der Waals surface area (Å²) >= 11 is 0. The highest BCUT2D eigenvalue weighted by atomic mass is 19.1. The Hall–Kier alpha value is -2.47. The summed E-state index contributed by atoms with van der Waals surface area (Å²) in [6, 6.07) is 4.42. The van der Waals surface area contributed by atoms with Gasteiger partial charge in [-0.25, -0.2) is 4.39 Å². The highest BCUT2D eigenvalue weighted by molar-refractivity contribution is 5.98. The molecule has 1 aliphatic rings. The average Bonchev–Trinajstić information content (AvgIpc) is 2.70. The smallest absolute Gasteiger partial charge is 0.167 e. The lowest BCUT2D eigenvalue weighted by molar-refractivity contribution is 0.0809. The Morgan fingerprint density at radius 1 is 1.29 bits per heavy atom. The summed E-state index contributed by atoms with van der Waals surface area (Å²) in [6.45, 7) is 6.22. The van der Waals surface area contributed by atoms with Crippen molar-refractivity contribution in [1.82, 2.24) is 9.88 Å². The quantitative estimate of drug-likeness (QED) is 0.704. The predicted molar refractivity (Wildman–Crippen MR) is 106 cm³/mol. The molecular weight excluding hydrogens is 359 g/mol. The number of Topliss-reactive ketones (excluding diaryl/α,β-unsaturated/α-hetero) is 1. The molecule has 1 aromatic heterocycles. The second-order valence-electron chi connectivity index (χ2n) is 7.33. The van der Waals surface area contributed by atoms with Crippen molar-refractivity contribution in [1.29, 1.82) is 0 Å². The molecule has 1 saturated heterocycles. The van der Waals surface area contributed by atoms with Crippen molar-refractivity contribution in [3.63, 3.8) is 0 Å². The molecule has 6 heteroatoms. The van der Waals surface area contributed by atoms with Crippen LogP contribution >= 0.6 is 0 Å². The van der Waals surface area contributed by atoms with Crippen molar-refractivity contribution in [3.8, 4) is 11.5 Å². The lowest BCUT2D eigenvalue weighted by Crippen LogP contribution is -2.38. The number of aromatic nitrogens is 1. The number of nitrogens with zero attached hydrogens (tertiary/aromatic N) is 2. The van der Waals surface area contributed by atoms with Gasteiger partial charge in [-0.1, -0.05) is 0 Å². The third-order valence-electron chi connectivity index (χ3n) is 5.44. The van der Waals surface area contributed by atoms with Crippen LogP contribution < -0.4 is 9.47 Å². The van der Waals surface area contributed by atoms with Crippen molar-refractivity contribution in [2.45, 2.75) is 33.2 Å². The molecule has 0 unspecified atom stereocenters. The summed E-state index contributed by atoms with van der Waals surface area (Å²) in [7, 11) is 3.08. The molecule has 0 radical (unpaired) electrons. The van der Waals surface area contributed by atoms with Crippen LogP contribution in [0.3, 0.4) is 0 Å². The first kappa shape index (κ1) is 20.3. The number of likely N-dealkylation sites (tertiary alicyclic amines) is 1. The molecule has 0 saturated carbocycles. The van der Waals surface area contributed by atoms with E-state index in [9.17, 15) is 9.18 Å². The number of methoxy groups -OCH3 is 2. The molecular formula is C22H27FN2O3. The summed E-state index contributed by atoms with van der Waals surface area (Å²) < 4.78 is 24.4. The van der Waals surface area contributed by atoms with E-state index in [1.807, 2.05) is 20.0 Å². The normalized spacial score (nSPS) is 17.4. The van der Waals surface area contributed by atoms with Gasteiger partial charge in [-0.05, 0) is 51.4 Å². The molecule has 0 amide bonds. The molecule has 3 rings (SSSR count). The molecule has 1 aliphatic heterocycles. The Labute approximate surface area is 165 Å². The van der Waals surface area contributed by atoms with Crippen LogP contribution in [-0.2, 0) is 6.54 Å². The first-order chi connectivity index (χ1) is 13.4. The lowest BCUT2D eigenvalue weighted by atomic mass is 9.89. The number of hydrogen-bond donors (Lipinski definition) is 0. The van der Waals surface area contributed by atoms with E-state index in [1.54, 1.807) is 13.2 Å². The molecule has 150 valence electrons. The SMILES string of the molecule is COc1ccc(C(=O)[C@@H]2CCCN(Cc3ncc(C)c(OC)c3C)C2)cc1F. The maximum atomic E-state index is 14.0. The van der Waals surface area contributed by atoms with Gasteiger partial charge in [0.25, 0.3) is 0 Å². The number of hydrogen-bond acceptors (Lipinski definition) is 5. The number of ether oxygens (including phenoxy) is 2. The monoisotopic (exact) mass is 386 g/mol. The number of carbonyl (C=O) groups excluding carboxylic acids is 1. The molecule has 1 aromatic carbocycles. The molecule has 0 spiro atoms. The Morgan fingerprint density at radius 2 is 2.07 bits per heavy atom. The van der Waals surface area contributed by atoms with Crippen LogP contribution in [0.1, 0.15) is 40.0 Å². The zero-order valence-electron chi connectivity index (χ0n) is 16.9. The van der Waals surface area contributed by atoms with Gasteiger partial charge in [-0.2, -0.15) is 0 Å². The first-order valence-corrected chi connectivity index (χ1v) is 9.53. The third kappa shape index (κ3) is 4.17. The first-order valence-electron chi connectivity index (χ1n) is 9.53. The Kier molecular flexibility index (Phi) is 6.29. The zero-order valence-corrected chi connectivity index (χ0v) is 16.9. The molecule has 0 bridgehead atoms. The van der Waals surface area contributed by atoms with Crippen LogP contribution in [0, 0.1) is 25.6 Å². The summed E-state index contributed by atoms with van der Waals surface area (Å²) in [4.78, 5) is 19.7. The van der Waals surface area contributed by atoms with Crippen LogP contribution in [-0.4, -0.2) is 43.0 Å². The minimum atomic E-state index is -0.507. The van der Waals surface area contributed by atoms with Crippen LogP contribution in [0.25, 0.3) is 0 Å². The minimum absolute atomic E-state index is 0.0163. The van der Waals surface area contributed by atoms with Crippen molar-refractivity contribution in [2.24, 2.45) is 5.92 Å². The zero-order chi connectivity index (χ0) is 20.3. The van der Waals surface area contributed by atoms with Gasteiger partial charge < -0.3 is 9.47 Å². The number of aryl methyl sites for hydroxylation is 1. The van der Waals surface area contributed by atoms with Gasteiger partial charge in [-0.15, -0.1) is 0 Å². The second kappa shape index (κ2) is 8.69. The third-order valence-corrected chi connectivity index (χ3v) is 5.44. The van der Waals surface area contributed by atoms with Crippen molar-refractivity contribution >= 4 is 5.78 Å². The largest absolute Gasteiger partial charge is 0.496 e. The highest BCUT2D eigenvalue weighted by Gasteiger charge is 2.28. The molecule has 2 aromatic rings. The summed E-state index contributed by atoms with van der Waals surface area (Å²) in [5.74, 6) is 0.347. The highest BCUT2D eigenvalue weighted by Crippen LogP contribution is 2.28. The van der Waals surface area contributed by atoms with Gasteiger partial charge >= 0.3 is 0 Å². The van der Waals surface area contributed by atoms with Gasteiger partial charge in [0.15, 0.2) is 17.3 Å². The predicted octanol–water partition coefficient (Wildman–Crippen LogP) is 3.95. The molecule has 1 fully saturated rings. The number of piperidine rings is 1. The van der Waals surface area contributed by atoms with E-state index in [1.165, 1.54) is 19.2 Å². The van der Waals surface area contributed by atoms with E-state index in [0.29, 0.717) is 18.7 Å². The van der Waals surface area contributed by atoms with Gasteiger partial charge in [0.2, 0.25) is 0 Å². The number of carbonyl (C=O) groups is 1. The van der Waals surface area contributed by atoms with E-state index >= 15 is 0 Å². The van der Waals surface area contributed by atoms with E-state index in [0.717, 1.165) is 42.0 Å². The van der Waals surface area contributed by atoms with Crippen molar-refractivity contribution < 1.29 is 18.7 Å². The number of rotatable bonds is 6. The fourth-order valence-corrected chi connectivity index (χ4v) is 3.91. The molecule has 1 atom stereocenters. The number of ketones is 1. The van der Waals surface area contributed by atoms with Crippen molar-refractivity contribution in [3.05, 3.63) is 52.6 Å². The lowest BCUT2D eigenvalue weighted by Gasteiger charge is -2.32. The van der Waals surface area contributed by atoms with Gasteiger partial charge in [-0.3, -0.25) is 14.7 Å². The maximum absolute atomic E-state index is 14.0. The van der Waals surface area contributed by atoms with Crippen molar-refractivity contribution in [2.75, 3.05) is 27.3 Å². The van der Waals surface area contributed by atoms with Crippen LogP contribution in [0.2, 0.25) is 0 Å². The Bertz CT molecular complexity index is 869. The van der Waals surface area contributed by atoms with Crippen LogP contribution in [0.5, 0.6) is 11.5 Å². The minimum Gasteiger partial charge on any atom is -0.496 e. The van der Waals surface area contributed by atoms with E-state index < -0.39 is 5.82 Å². The standard InChI is InChI=1S/C22H27FN2O3/c1-14-11-24-19(15(2)22(14)28-4)13-25-9-5-6-17(12-25)21(26)16-7-8-20(27-3)18(23)10-16/h7-8,10-11,17H,5-6,9,12-13H2,1-4H3/t17-/m1/s1. The molecule has 5 nitrogen and oxygen atoms in total. The molecule has 28 heavy (non-hydrogen) atoms. The van der Waals surface area contributed by atoms with Gasteiger partial charge in [0.1, 0.15) is 5.75 Å². The fourth-order valence-electron chi connectivity index (χ4n) is 3.91. The molecule has 2 heterocycles. The fraction of sp³-hybridized carbons (Fsp3) is 0.455. The number of pyridine rings is 1. The van der Waals surface area contributed by atoms with Crippen LogP contribution in [0.4, 0.5) is 4.39 Å². The Balaban J connectivity index is 1.72.